The van der Waals surface area contributed by atoms with E-state index in [4.69, 9.17) is 21.1 Å². The first-order valence-corrected chi connectivity index (χ1v) is 12.2. The number of ether oxygens (including phenoxy) is 2. The largest absolute Gasteiger partial charge is 0.488 e. The number of amides is 3. The number of hydrogen-bond acceptors (Lipinski definition) is 7. The van der Waals surface area contributed by atoms with Crippen LogP contribution in [0.1, 0.15) is 60.9 Å². The summed E-state index contributed by atoms with van der Waals surface area (Å²) in [5, 5.41) is 12.6. The van der Waals surface area contributed by atoms with Gasteiger partial charge in [-0.3, -0.25) is 25.3 Å². The van der Waals surface area contributed by atoms with Crippen molar-refractivity contribution in [3.05, 3.63) is 51.9 Å². The molecule has 0 spiro atoms. The minimum atomic E-state index is -1.20. The third-order valence-corrected chi connectivity index (χ3v) is 6.18. The van der Waals surface area contributed by atoms with E-state index < -0.39 is 41.6 Å². The molecule has 1 aromatic carbocycles. The van der Waals surface area contributed by atoms with Gasteiger partial charge in [-0.2, -0.15) is 0 Å². The highest BCUT2D eigenvalue weighted by molar-refractivity contribution is 6.34. The maximum Gasteiger partial charge on any atom is 0.410 e. The summed E-state index contributed by atoms with van der Waals surface area (Å²) in [5.41, 5.74) is 4.08. The molecule has 2 atom stereocenters. The van der Waals surface area contributed by atoms with Gasteiger partial charge in [0, 0.05) is 18.3 Å². The minimum absolute atomic E-state index is 0.138. The highest BCUT2D eigenvalue weighted by atomic mass is 35.5. The number of rotatable bonds is 7. The van der Waals surface area contributed by atoms with E-state index >= 15 is 0 Å². The number of pyridine rings is 1. The molecule has 2 aromatic rings. The quantitative estimate of drug-likeness (QED) is 0.379. The number of nitrogens with one attached hydrogen (secondary N) is 3. The summed E-state index contributed by atoms with van der Waals surface area (Å²) in [7, 11) is 0. The molecule has 1 aromatic heterocycles. The van der Waals surface area contributed by atoms with Crippen LogP contribution in [0.15, 0.2) is 24.4 Å². The predicted molar refractivity (Wildman–Crippen MR) is 138 cm³/mol. The van der Waals surface area contributed by atoms with Crippen LogP contribution in [0.3, 0.4) is 0 Å². The van der Waals surface area contributed by atoms with E-state index in [9.17, 15) is 23.9 Å². The SMILES string of the molecule is Cc1cc(C(=O)NNC(=O)c2cc(F)c(OCC3C(C)OC(C)(C)N3C(=O)O)cc2Cl)cnc1NC(C)C. The van der Waals surface area contributed by atoms with Crippen LogP contribution in [0.4, 0.5) is 15.0 Å². The molecule has 2 unspecified atom stereocenters. The first-order chi connectivity index (χ1) is 17.7. The second-order valence-electron chi connectivity index (χ2n) is 9.66. The van der Waals surface area contributed by atoms with Crippen LogP contribution in [0.2, 0.25) is 5.02 Å². The second kappa shape index (κ2) is 11.4. The van der Waals surface area contributed by atoms with E-state index in [1.807, 2.05) is 13.8 Å². The highest BCUT2D eigenvalue weighted by Gasteiger charge is 2.48. The van der Waals surface area contributed by atoms with Crippen molar-refractivity contribution < 1.29 is 33.4 Å². The summed E-state index contributed by atoms with van der Waals surface area (Å²) in [6.45, 7) is 10.4. The number of hydrazine groups is 1. The normalized spacial score (nSPS) is 18.3. The van der Waals surface area contributed by atoms with Gasteiger partial charge in [0.2, 0.25) is 0 Å². The van der Waals surface area contributed by atoms with Gasteiger partial charge >= 0.3 is 6.09 Å². The van der Waals surface area contributed by atoms with Crippen LogP contribution in [-0.4, -0.2) is 63.4 Å². The van der Waals surface area contributed by atoms with Crippen molar-refractivity contribution in [2.45, 2.75) is 65.5 Å². The summed E-state index contributed by atoms with van der Waals surface area (Å²) < 4.78 is 26.0. The van der Waals surface area contributed by atoms with Gasteiger partial charge in [0.05, 0.1) is 28.3 Å². The molecule has 13 heteroatoms. The number of carboxylic acid groups (broad SMARTS) is 1. The molecule has 1 aliphatic heterocycles. The minimum Gasteiger partial charge on any atom is -0.488 e. The van der Waals surface area contributed by atoms with E-state index in [0.717, 1.165) is 22.6 Å². The molecule has 1 fully saturated rings. The van der Waals surface area contributed by atoms with Crippen LogP contribution in [-0.2, 0) is 4.74 Å². The smallest absolute Gasteiger partial charge is 0.410 e. The van der Waals surface area contributed by atoms with Crippen molar-refractivity contribution in [1.82, 2.24) is 20.7 Å². The Hall–Kier alpha value is -3.64. The van der Waals surface area contributed by atoms with Crippen molar-refractivity contribution in [2.24, 2.45) is 0 Å². The lowest BCUT2D eigenvalue weighted by Gasteiger charge is -2.30. The van der Waals surface area contributed by atoms with E-state index in [2.05, 4.69) is 21.2 Å². The van der Waals surface area contributed by atoms with E-state index in [-0.39, 0.29) is 34.5 Å². The summed E-state index contributed by atoms with van der Waals surface area (Å²) in [6, 6.07) is 3.05. The highest BCUT2D eigenvalue weighted by Crippen LogP contribution is 2.33. The molecule has 3 amide bonds. The Morgan fingerprint density at radius 3 is 2.50 bits per heavy atom. The van der Waals surface area contributed by atoms with Gasteiger partial charge in [-0.05, 0) is 59.2 Å². The fourth-order valence-electron chi connectivity index (χ4n) is 4.15. The average Bonchev–Trinajstić information content (AvgIpc) is 3.05. The number of halogens is 2. The van der Waals surface area contributed by atoms with Crippen LogP contribution < -0.4 is 20.9 Å². The van der Waals surface area contributed by atoms with Crippen LogP contribution >= 0.6 is 11.6 Å². The summed E-state index contributed by atoms with van der Waals surface area (Å²) in [6.07, 6.45) is -0.342. The molecule has 0 saturated carbocycles. The number of carbonyl (C=O) groups excluding carboxylic acids is 2. The van der Waals surface area contributed by atoms with Gasteiger partial charge in [0.25, 0.3) is 11.8 Å². The van der Waals surface area contributed by atoms with Gasteiger partial charge < -0.3 is 19.9 Å². The third-order valence-electron chi connectivity index (χ3n) is 5.87. The topological polar surface area (TPSA) is 142 Å². The molecule has 0 aliphatic carbocycles. The van der Waals surface area contributed by atoms with Crippen molar-refractivity contribution >= 4 is 35.3 Å². The Balaban J connectivity index is 1.64. The summed E-state index contributed by atoms with van der Waals surface area (Å²) >= 11 is 6.19. The molecule has 1 saturated heterocycles. The lowest BCUT2D eigenvalue weighted by atomic mass is 10.1. The van der Waals surface area contributed by atoms with E-state index in [0.29, 0.717) is 5.82 Å². The Morgan fingerprint density at radius 2 is 1.89 bits per heavy atom. The number of hydrogen-bond donors (Lipinski definition) is 4. The second-order valence-corrected chi connectivity index (χ2v) is 10.1. The van der Waals surface area contributed by atoms with Crippen molar-refractivity contribution in [1.29, 1.82) is 0 Å². The van der Waals surface area contributed by atoms with Crippen LogP contribution in [0.25, 0.3) is 0 Å². The number of carbonyl (C=O) groups is 3. The number of aromatic nitrogens is 1. The van der Waals surface area contributed by atoms with Gasteiger partial charge in [0.1, 0.15) is 18.1 Å². The molecular weight excluding hydrogens is 521 g/mol. The molecular formula is C25H31ClFN5O6. The molecule has 4 N–H and O–H groups in total. The molecule has 38 heavy (non-hydrogen) atoms. The van der Waals surface area contributed by atoms with Gasteiger partial charge in [0.15, 0.2) is 11.6 Å². The molecule has 0 radical (unpaired) electrons. The summed E-state index contributed by atoms with van der Waals surface area (Å²) in [5.74, 6) is -2.01. The molecule has 1 aliphatic rings. The zero-order valence-electron chi connectivity index (χ0n) is 21.9. The van der Waals surface area contributed by atoms with Crippen LogP contribution in [0, 0.1) is 12.7 Å². The Labute approximate surface area is 224 Å². The third kappa shape index (κ3) is 6.43. The van der Waals surface area contributed by atoms with Crippen molar-refractivity contribution in [3.8, 4) is 5.75 Å². The van der Waals surface area contributed by atoms with Crippen LogP contribution in [0.5, 0.6) is 5.75 Å². The lowest BCUT2D eigenvalue weighted by molar-refractivity contribution is -0.0621. The van der Waals surface area contributed by atoms with E-state index in [1.165, 1.54) is 6.20 Å². The van der Waals surface area contributed by atoms with E-state index in [1.54, 1.807) is 33.8 Å². The van der Waals surface area contributed by atoms with Gasteiger partial charge in [-0.1, -0.05) is 11.6 Å². The van der Waals surface area contributed by atoms with Gasteiger partial charge in [-0.15, -0.1) is 0 Å². The molecule has 11 nitrogen and oxygen atoms in total. The maximum absolute atomic E-state index is 14.8. The maximum atomic E-state index is 14.8. The molecule has 0 bridgehead atoms. The number of nitrogens with zero attached hydrogens (tertiary/aromatic N) is 2. The van der Waals surface area contributed by atoms with Crippen molar-refractivity contribution in [3.63, 3.8) is 0 Å². The Bertz CT molecular complexity index is 1240. The molecule has 3 rings (SSSR count). The Kier molecular flexibility index (Phi) is 8.68. The molecule has 2 heterocycles. The van der Waals surface area contributed by atoms with Gasteiger partial charge in [-0.25, -0.2) is 14.2 Å². The fraction of sp³-hybridized carbons (Fsp3) is 0.440. The predicted octanol–water partition coefficient (Wildman–Crippen LogP) is 3.96. The zero-order chi connectivity index (χ0) is 28.4. The number of benzene rings is 1. The first kappa shape index (κ1) is 28.9. The Morgan fingerprint density at radius 1 is 1.24 bits per heavy atom. The number of anilines is 1. The zero-order valence-corrected chi connectivity index (χ0v) is 22.6. The molecule has 206 valence electrons. The van der Waals surface area contributed by atoms with Crippen molar-refractivity contribution in [2.75, 3.05) is 11.9 Å². The fourth-order valence-corrected chi connectivity index (χ4v) is 4.39. The lowest BCUT2D eigenvalue weighted by Crippen LogP contribution is -2.49. The number of aryl methyl sites for hydroxylation is 1. The standard InChI is InChI=1S/C25H31ClFN5O6/c1-12(2)29-21-13(3)7-15(10-28-21)22(33)30-31-23(34)16-8-18(27)20(9-17(16)26)37-11-19-14(4)38-25(5,6)32(19)24(35)36/h7-10,12,14,19H,11H2,1-6H3,(H,28,29)(H,30,33)(H,31,34)(H,35,36). The first-order valence-electron chi connectivity index (χ1n) is 11.9. The summed E-state index contributed by atoms with van der Waals surface area (Å²) in [4.78, 5) is 42.1. The average molecular weight is 552 g/mol. The monoisotopic (exact) mass is 551 g/mol.